The molecule has 8 nitrogen and oxygen atoms in total. The summed E-state index contributed by atoms with van der Waals surface area (Å²) in [6.45, 7) is 7.57. The Kier molecular flexibility index (Phi) is 10.3. The van der Waals surface area contributed by atoms with Crippen molar-refractivity contribution in [1.82, 2.24) is 10.2 Å². The summed E-state index contributed by atoms with van der Waals surface area (Å²) in [4.78, 5) is 30.8. The van der Waals surface area contributed by atoms with E-state index in [1.165, 1.54) is 0 Å². The Morgan fingerprint density at radius 3 is 2.06 bits per heavy atom. The van der Waals surface area contributed by atoms with Gasteiger partial charge in [-0.25, -0.2) is 0 Å². The van der Waals surface area contributed by atoms with E-state index >= 15 is 0 Å². The molecule has 8 heteroatoms. The van der Waals surface area contributed by atoms with Gasteiger partial charge in [-0.15, -0.1) is 0 Å². The van der Waals surface area contributed by atoms with Gasteiger partial charge >= 0.3 is 5.97 Å². The van der Waals surface area contributed by atoms with Crippen molar-refractivity contribution in [2.45, 2.75) is 65.0 Å². The van der Waals surface area contributed by atoms with Crippen molar-refractivity contribution in [2.24, 2.45) is 16.3 Å². The molecule has 0 bridgehead atoms. The van der Waals surface area contributed by atoms with Crippen LogP contribution in [0.4, 0.5) is 5.69 Å². The lowest BCUT2D eigenvalue weighted by molar-refractivity contribution is -0.136. The highest BCUT2D eigenvalue weighted by Crippen LogP contribution is 2.42. The minimum Gasteiger partial charge on any atom is -0.481 e. The Labute approximate surface area is 288 Å². The van der Waals surface area contributed by atoms with Gasteiger partial charge < -0.3 is 24.8 Å². The van der Waals surface area contributed by atoms with Crippen LogP contribution in [0.3, 0.4) is 0 Å². The van der Waals surface area contributed by atoms with Crippen LogP contribution in [0.15, 0.2) is 108 Å². The number of ether oxygens (including phenoxy) is 2. The second-order valence-corrected chi connectivity index (χ2v) is 14.0. The predicted molar refractivity (Wildman–Crippen MR) is 192 cm³/mol. The van der Waals surface area contributed by atoms with Crippen LogP contribution in [-0.2, 0) is 9.53 Å². The zero-order valence-corrected chi connectivity index (χ0v) is 28.5. The molecule has 6 rings (SSSR count). The maximum Gasteiger partial charge on any atom is 0.305 e. The predicted octanol–water partition coefficient (Wildman–Crippen LogP) is 9.02. The third-order valence-corrected chi connectivity index (χ3v) is 9.68. The van der Waals surface area contributed by atoms with Crippen LogP contribution in [0.2, 0.25) is 0 Å². The topological polar surface area (TPSA) is 100 Å². The van der Waals surface area contributed by atoms with Crippen LogP contribution in [0.5, 0.6) is 11.5 Å². The maximum atomic E-state index is 12.6. The number of nitrogens with one attached hydrogen (secondary N) is 1. The molecule has 2 N–H and O–H groups in total. The van der Waals surface area contributed by atoms with Crippen molar-refractivity contribution < 1.29 is 24.2 Å². The zero-order chi connectivity index (χ0) is 34.4. The number of para-hydroxylation sites is 1. The first-order valence-electron chi connectivity index (χ1n) is 17.2. The van der Waals surface area contributed by atoms with Crippen LogP contribution in [-0.4, -0.2) is 47.1 Å². The number of hydrogen-bond acceptors (Lipinski definition) is 5. The van der Waals surface area contributed by atoms with Crippen LogP contribution in [0, 0.1) is 11.3 Å². The lowest BCUT2D eigenvalue weighted by Crippen LogP contribution is -2.42. The van der Waals surface area contributed by atoms with E-state index in [0.29, 0.717) is 30.2 Å². The molecular formula is C41H45N3O5. The third-order valence-electron chi connectivity index (χ3n) is 9.68. The number of hydrogen-bond donors (Lipinski definition) is 2. The van der Waals surface area contributed by atoms with Crippen molar-refractivity contribution >= 4 is 23.6 Å². The number of amidine groups is 1. The van der Waals surface area contributed by atoms with Gasteiger partial charge in [0.2, 0.25) is 0 Å². The molecule has 2 aliphatic rings. The number of nitrogens with zero attached hydrogens (tertiary/aromatic N) is 2. The minimum absolute atomic E-state index is 0.0325. The molecule has 2 fully saturated rings. The summed E-state index contributed by atoms with van der Waals surface area (Å²) in [5.41, 5.74) is 4.83. The number of carboxylic acids is 1. The molecule has 0 spiro atoms. The van der Waals surface area contributed by atoms with Crippen LogP contribution in [0.1, 0.15) is 74.8 Å². The summed E-state index contributed by atoms with van der Waals surface area (Å²) in [6.07, 6.45) is 4.33. The molecule has 0 radical (unpaired) electrons. The fraction of sp³-hybridized carbons (Fsp3) is 0.341. The van der Waals surface area contributed by atoms with E-state index in [9.17, 15) is 9.59 Å². The van der Waals surface area contributed by atoms with Gasteiger partial charge in [-0.3, -0.25) is 9.59 Å². The van der Waals surface area contributed by atoms with Gasteiger partial charge in [0.05, 0.1) is 18.2 Å². The molecule has 1 unspecified atom stereocenters. The molecule has 49 heavy (non-hydrogen) atoms. The van der Waals surface area contributed by atoms with Gasteiger partial charge in [-0.05, 0) is 102 Å². The first-order chi connectivity index (χ1) is 23.6. The molecule has 1 heterocycles. The Morgan fingerprint density at radius 2 is 1.45 bits per heavy atom. The molecule has 1 amide bonds. The van der Waals surface area contributed by atoms with Crippen LogP contribution < -0.4 is 10.1 Å². The van der Waals surface area contributed by atoms with E-state index in [1.807, 2.05) is 66.7 Å². The summed E-state index contributed by atoms with van der Waals surface area (Å²) in [6, 6.07) is 34.5. The molecule has 1 aliphatic carbocycles. The Hall–Kier alpha value is -5.11. The number of aliphatic carboxylic acids is 1. The van der Waals surface area contributed by atoms with E-state index in [2.05, 4.69) is 55.3 Å². The molecule has 1 aliphatic heterocycles. The molecule has 4 aromatic carbocycles. The SMILES string of the molecule is CC(C)(C)C1CCC(N2C(=Nc3ccc(-c4ccc(Oc5ccccc5)cc4)cc3)OCC2c2ccc(C(=O)NCCC(=O)O)cc2)CC1. The molecule has 1 saturated heterocycles. The molecule has 1 atom stereocenters. The average molecular weight is 660 g/mol. The van der Waals surface area contributed by atoms with E-state index < -0.39 is 5.97 Å². The third kappa shape index (κ3) is 8.49. The van der Waals surface area contributed by atoms with Gasteiger partial charge in [-0.2, -0.15) is 4.99 Å². The zero-order valence-electron chi connectivity index (χ0n) is 28.5. The molecule has 0 aromatic heterocycles. The molecule has 254 valence electrons. The van der Waals surface area contributed by atoms with Gasteiger partial charge in [0.1, 0.15) is 18.1 Å². The normalized spacial score (nSPS) is 20.1. The van der Waals surface area contributed by atoms with E-state index in [-0.39, 0.29) is 30.3 Å². The Morgan fingerprint density at radius 1 is 0.837 bits per heavy atom. The number of benzene rings is 4. The summed E-state index contributed by atoms with van der Waals surface area (Å²) in [5, 5.41) is 11.6. The first kappa shape index (κ1) is 33.8. The van der Waals surface area contributed by atoms with Crippen molar-refractivity contribution in [2.75, 3.05) is 13.2 Å². The summed E-state index contributed by atoms with van der Waals surface area (Å²) >= 11 is 0. The van der Waals surface area contributed by atoms with E-state index in [1.54, 1.807) is 12.1 Å². The smallest absolute Gasteiger partial charge is 0.305 e. The van der Waals surface area contributed by atoms with Crippen LogP contribution >= 0.6 is 0 Å². The quantitative estimate of drug-likeness (QED) is 0.176. The molecular weight excluding hydrogens is 614 g/mol. The highest BCUT2D eigenvalue weighted by Gasteiger charge is 2.40. The highest BCUT2D eigenvalue weighted by molar-refractivity contribution is 5.94. The molecule has 4 aromatic rings. The van der Waals surface area contributed by atoms with Crippen molar-refractivity contribution in [3.8, 4) is 22.6 Å². The van der Waals surface area contributed by atoms with Gasteiger partial charge in [-0.1, -0.05) is 75.4 Å². The van der Waals surface area contributed by atoms with Gasteiger partial charge in [0, 0.05) is 18.2 Å². The number of rotatable bonds is 10. The Balaban J connectivity index is 1.19. The average Bonchev–Trinajstić information content (AvgIpc) is 3.52. The summed E-state index contributed by atoms with van der Waals surface area (Å²) < 4.78 is 12.3. The highest BCUT2D eigenvalue weighted by atomic mass is 16.5. The largest absolute Gasteiger partial charge is 0.481 e. The number of carbonyl (C=O) groups excluding carboxylic acids is 1. The van der Waals surface area contributed by atoms with Crippen molar-refractivity contribution in [3.05, 3.63) is 114 Å². The fourth-order valence-corrected chi connectivity index (χ4v) is 6.84. The molecule has 1 saturated carbocycles. The summed E-state index contributed by atoms with van der Waals surface area (Å²) in [5.74, 6) is 1.05. The van der Waals surface area contributed by atoms with Gasteiger partial charge in [0.15, 0.2) is 0 Å². The lowest BCUT2D eigenvalue weighted by atomic mass is 9.71. The fourth-order valence-electron chi connectivity index (χ4n) is 6.84. The van der Waals surface area contributed by atoms with Crippen molar-refractivity contribution in [1.29, 1.82) is 0 Å². The number of aliphatic imine (C=N–C) groups is 1. The van der Waals surface area contributed by atoms with Gasteiger partial charge in [0.25, 0.3) is 11.9 Å². The number of carbonyl (C=O) groups is 2. The second-order valence-electron chi connectivity index (χ2n) is 14.0. The summed E-state index contributed by atoms with van der Waals surface area (Å²) in [7, 11) is 0. The first-order valence-corrected chi connectivity index (χ1v) is 17.2. The second kappa shape index (κ2) is 15.0. The van der Waals surface area contributed by atoms with E-state index in [4.69, 9.17) is 19.6 Å². The number of carboxylic acid groups (broad SMARTS) is 1. The maximum absolute atomic E-state index is 12.6. The lowest BCUT2D eigenvalue weighted by Gasteiger charge is -2.41. The monoisotopic (exact) mass is 659 g/mol. The minimum atomic E-state index is -0.943. The van der Waals surface area contributed by atoms with Crippen molar-refractivity contribution in [3.63, 3.8) is 0 Å². The van der Waals surface area contributed by atoms with E-state index in [0.717, 1.165) is 59.6 Å². The number of amides is 1. The van der Waals surface area contributed by atoms with Crippen LogP contribution in [0.25, 0.3) is 11.1 Å². The Bertz CT molecular complexity index is 1740. The standard InChI is InChI=1S/C41H45N3O5/c1-41(2,3)32-17-21-34(22-18-32)44-37(30-9-11-31(12-10-30)39(47)42-26-25-38(45)46)27-48-40(44)43-33-19-13-28(14-20-33)29-15-23-36(24-16-29)49-35-7-5-4-6-8-35/h4-16,19-20,23-24,32,34,37H,17-18,21-22,25-27H2,1-3H3,(H,42,47)(H,45,46).